The van der Waals surface area contributed by atoms with Crippen molar-refractivity contribution in [2.45, 2.75) is 51.1 Å². The van der Waals surface area contributed by atoms with Crippen LogP contribution in [-0.4, -0.2) is 26.5 Å². The number of rotatable bonds is 4. The Balaban J connectivity index is 2.07. The lowest BCUT2D eigenvalue weighted by molar-refractivity contribution is -0.124. The SMILES string of the molecule is Cc1ccnc2c1nc(C(C)Cl)n2C(C)C(=O)NC1CC1. The summed E-state index contributed by atoms with van der Waals surface area (Å²) in [6.07, 6.45) is 3.88. The number of fused-ring (bicyclic) bond motifs is 1. The number of hydrogen-bond acceptors (Lipinski definition) is 3. The van der Waals surface area contributed by atoms with Crippen molar-refractivity contribution in [2.24, 2.45) is 0 Å². The van der Waals surface area contributed by atoms with E-state index in [1.807, 2.05) is 31.4 Å². The first kappa shape index (κ1) is 14.3. The minimum atomic E-state index is -0.374. The van der Waals surface area contributed by atoms with Gasteiger partial charge in [0.25, 0.3) is 0 Å². The fourth-order valence-corrected chi connectivity index (χ4v) is 2.61. The molecule has 0 saturated heterocycles. The fourth-order valence-electron chi connectivity index (χ4n) is 2.46. The third-order valence-electron chi connectivity index (χ3n) is 3.85. The highest BCUT2D eigenvalue weighted by Gasteiger charge is 2.29. The van der Waals surface area contributed by atoms with Gasteiger partial charge >= 0.3 is 0 Å². The standard InChI is InChI=1S/C15H19ClN4O/c1-8-6-7-17-14-12(8)19-13(9(2)16)20(14)10(3)15(21)18-11-4-5-11/h6-7,9-11H,4-5H2,1-3H3,(H,18,21). The Hall–Kier alpha value is -1.62. The molecule has 2 unspecified atom stereocenters. The molecule has 1 N–H and O–H groups in total. The fraction of sp³-hybridized carbons (Fsp3) is 0.533. The molecule has 1 fully saturated rings. The van der Waals surface area contributed by atoms with Gasteiger partial charge in [0.1, 0.15) is 17.4 Å². The summed E-state index contributed by atoms with van der Waals surface area (Å²) in [5, 5.41) is 2.75. The zero-order valence-electron chi connectivity index (χ0n) is 12.4. The number of nitrogens with zero attached hydrogens (tertiary/aromatic N) is 3. The van der Waals surface area contributed by atoms with Gasteiger partial charge in [-0.15, -0.1) is 11.6 Å². The van der Waals surface area contributed by atoms with Crippen LogP contribution in [0.2, 0.25) is 0 Å². The second kappa shape index (κ2) is 5.30. The number of carbonyl (C=O) groups is 1. The van der Waals surface area contributed by atoms with Gasteiger partial charge in [0.15, 0.2) is 5.65 Å². The topological polar surface area (TPSA) is 59.8 Å². The second-order valence-corrected chi connectivity index (χ2v) is 6.37. The smallest absolute Gasteiger partial charge is 0.243 e. The van der Waals surface area contributed by atoms with E-state index >= 15 is 0 Å². The summed E-state index contributed by atoms with van der Waals surface area (Å²) >= 11 is 6.26. The van der Waals surface area contributed by atoms with Crippen molar-refractivity contribution < 1.29 is 4.79 Å². The molecule has 6 heteroatoms. The highest BCUT2D eigenvalue weighted by atomic mass is 35.5. The van der Waals surface area contributed by atoms with Gasteiger partial charge in [-0.2, -0.15) is 0 Å². The maximum absolute atomic E-state index is 12.4. The first-order valence-electron chi connectivity index (χ1n) is 7.27. The number of hydrogen-bond donors (Lipinski definition) is 1. The minimum absolute atomic E-state index is 0.00123. The largest absolute Gasteiger partial charge is 0.352 e. The molecule has 2 aromatic rings. The first-order chi connectivity index (χ1) is 9.99. The molecule has 0 aliphatic heterocycles. The van der Waals surface area contributed by atoms with E-state index in [0.29, 0.717) is 11.9 Å². The Morgan fingerprint density at radius 1 is 1.48 bits per heavy atom. The molecular weight excluding hydrogens is 288 g/mol. The lowest BCUT2D eigenvalue weighted by Gasteiger charge is -2.17. The summed E-state index contributed by atoms with van der Waals surface area (Å²) in [5.74, 6) is 0.686. The highest BCUT2D eigenvalue weighted by Crippen LogP contribution is 2.29. The molecule has 0 aromatic carbocycles. The first-order valence-corrected chi connectivity index (χ1v) is 7.70. The van der Waals surface area contributed by atoms with E-state index in [2.05, 4.69) is 15.3 Å². The van der Waals surface area contributed by atoms with Gasteiger partial charge in [-0.1, -0.05) is 0 Å². The Labute approximate surface area is 128 Å². The van der Waals surface area contributed by atoms with Crippen LogP contribution in [0.4, 0.5) is 0 Å². The van der Waals surface area contributed by atoms with Gasteiger partial charge < -0.3 is 5.32 Å². The van der Waals surface area contributed by atoms with Gasteiger partial charge in [-0.25, -0.2) is 9.97 Å². The summed E-state index contributed by atoms with van der Waals surface area (Å²) in [4.78, 5) is 21.4. The normalized spacial score (nSPS) is 17.7. The van der Waals surface area contributed by atoms with Crippen LogP contribution in [0.1, 0.15) is 49.5 Å². The second-order valence-electron chi connectivity index (χ2n) is 5.71. The van der Waals surface area contributed by atoms with Crippen molar-refractivity contribution in [3.8, 4) is 0 Å². The Kier molecular flexibility index (Phi) is 3.61. The number of nitrogens with one attached hydrogen (secondary N) is 1. The van der Waals surface area contributed by atoms with E-state index in [0.717, 1.165) is 29.6 Å². The summed E-state index contributed by atoms with van der Waals surface area (Å²) in [6, 6.07) is 1.87. The van der Waals surface area contributed by atoms with Crippen LogP contribution in [0.3, 0.4) is 0 Å². The number of aromatic nitrogens is 3. The molecule has 1 saturated carbocycles. The van der Waals surface area contributed by atoms with Crippen molar-refractivity contribution in [1.29, 1.82) is 0 Å². The summed E-state index contributed by atoms with van der Waals surface area (Å²) in [5.41, 5.74) is 2.56. The molecule has 1 aliphatic rings. The van der Waals surface area contributed by atoms with Crippen LogP contribution in [-0.2, 0) is 4.79 Å². The van der Waals surface area contributed by atoms with Crippen LogP contribution in [0.25, 0.3) is 11.2 Å². The lowest BCUT2D eigenvalue weighted by atomic mass is 10.2. The predicted octanol–water partition coefficient (Wildman–Crippen LogP) is 2.88. The number of aryl methyl sites for hydroxylation is 1. The van der Waals surface area contributed by atoms with Crippen LogP contribution in [0.5, 0.6) is 0 Å². The average Bonchev–Trinajstić information content (AvgIpc) is 3.15. The van der Waals surface area contributed by atoms with Crippen molar-refractivity contribution in [1.82, 2.24) is 19.9 Å². The number of halogens is 1. The molecule has 1 aliphatic carbocycles. The maximum Gasteiger partial charge on any atom is 0.243 e. The summed E-state index contributed by atoms with van der Waals surface area (Å²) < 4.78 is 1.86. The molecule has 2 atom stereocenters. The molecule has 112 valence electrons. The van der Waals surface area contributed by atoms with Crippen molar-refractivity contribution in [2.75, 3.05) is 0 Å². The van der Waals surface area contributed by atoms with Gasteiger partial charge in [-0.3, -0.25) is 9.36 Å². The predicted molar refractivity (Wildman–Crippen MR) is 82.4 cm³/mol. The van der Waals surface area contributed by atoms with Crippen LogP contribution in [0.15, 0.2) is 12.3 Å². The zero-order valence-corrected chi connectivity index (χ0v) is 13.2. The van der Waals surface area contributed by atoms with Gasteiger partial charge in [0.2, 0.25) is 5.91 Å². The van der Waals surface area contributed by atoms with Gasteiger partial charge in [0.05, 0.1) is 5.38 Å². The molecule has 3 rings (SSSR count). The van der Waals surface area contributed by atoms with Crippen LogP contribution in [0, 0.1) is 6.92 Å². The van der Waals surface area contributed by atoms with E-state index in [9.17, 15) is 4.79 Å². The number of carbonyl (C=O) groups excluding carboxylic acids is 1. The minimum Gasteiger partial charge on any atom is -0.352 e. The Bertz CT molecular complexity index is 690. The van der Waals surface area contributed by atoms with Crippen LogP contribution >= 0.6 is 11.6 Å². The quantitative estimate of drug-likeness (QED) is 0.884. The Morgan fingerprint density at radius 3 is 2.81 bits per heavy atom. The molecule has 2 aromatic heterocycles. The van der Waals surface area contributed by atoms with E-state index < -0.39 is 0 Å². The number of alkyl halides is 1. The molecule has 1 amide bonds. The molecule has 2 heterocycles. The number of pyridine rings is 1. The molecular formula is C15H19ClN4O. The maximum atomic E-state index is 12.4. The third kappa shape index (κ3) is 2.62. The van der Waals surface area contributed by atoms with E-state index in [4.69, 9.17) is 11.6 Å². The van der Waals surface area contributed by atoms with Crippen molar-refractivity contribution >= 4 is 28.7 Å². The molecule has 5 nitrogen and oxygen atoms in total. The average molecular weight is 307 g/mol. The molecule has 0 radical (unpaired) electrons. The summed E-state index contributed by atoms with van der Waals surface area (Å²) in [7, 11) is 0. The highest BCUT2D eigenvalue weighted by molar-refractivity contribution is 6.20. The molecule has 0 bridgehead atoms. The van der Waals surface area contributed by atoms with Gasteiger partial charge in [0, 0.05) is 12.2 Å². The van der Waals surface area contributed by atoms with Crippen molar-refractivity contribution in [3.63, 3.8) is 0 Å². The monoisotopic (exact) mass is 306 g/mol. The van der Waals surface area contributed by atoms with E-state index in [-0.39, 0.29) is 17.3 Å². The van der Waals surface area contributed by atoms with E-state index in [1.165, 1.54) is 0 Å². The molecule has 0 spiro atoms. The van der Waals surface area contributed by atoms with Crippen molar-refractivity contribution in [3.05, 3.63) is 23.7 Å². The van der Waals surface area contributed by atoms with E-state index in [1.54, 1.807) is 6.20 Å². The lowest BCUT2D eigenvalue weighted by Crippen LogP contribution is -2.33. The molecule has 21 heavy (non-hydrogen) atoms. The number of amides is 1. The van der Waals surface area contributed by atoms with Crippen LogP contribution < -0.4 is 5.32 Å². The summed E-state index contributed by atoms with van der Waals surface area (Å²) in [6.45, 7) is 5.71. The Morgan fingerprint density at radius 2 is 2.19 bits per heavy atom. The third-order valence-corrected chi connectivity index (χ3v) is 4.05. The van der Waals surface area contributed by atoms with Gasteiger partial charge in [-0.05, 0) is 45.2 Å². The zero-order chi connectivity index (χ0) is 15.1. The number of imidazole rings is 1.